The third-order valence-electron chi connectivity index (χ3n) is 1.66. The van der Waals surface area contributed by atoms with Crippen molar-refractivity contribution in [1.82, 2.24) is 0 Å². The Labute approximate surface area is 43.7 Å². The van der Waals surface area contributed by atoms with E-state index in [1.165, 1.54) is 0 Å². The van der Waals surface area contributed by atoms with Crippen LogP contribution in [0.25, 0.3) is 0 Å². The van der Waals surface area contributed by atoms with Crippen molar-refractivity contribution in [1.29, 1.82) is 0 Å². The van der Waals surface area contributed by atoms with Crippen LogP contribution in [-0.2, 0) is 4.79 Å². The Morgan fingerprint density at radius 1 is 1.71 bits per heavy atom. The second-order valence-electron chi connectivity index (χ2n) is 2.86. The SMILES string of the molecule is CC1(C)CC1[C]=O. The molecule has 1 atom stereocenters. The van der Waals surface area contributed by atoms with Crippen LogP contribution in [0.1, 0.15) is 20.3 Å². The average Bonchev–Trinajstić information content (AvgIpc) is 2.13. The van der Waals surface area contributed by atoms with Gasteiger partial charge >= 0.3 is 0 Å². The van der Waals surface area contributed by atoms with Gasteiger partial charge in [0.2, 0.25) is 6.29 Å². The van der Waals surface area contributed by atoms with Gasteiger partial charge in [-0.25, -0.2) is 0 Å². The molecule has 7 heavy (non-hydrogen) atoms. The van der Waals surface area contributed by atoms with Crippen LogP contribution in [0.2, 0.25) is 0 Å². The molecule has 1 radical (unpaired) electrons. The van der Waals surface area contributed by atoms with Gasteiger partial charge in [0.05, 0.1) is 0 Å². The molecule has 0 N–H and O–H groups in total. The Bertz CT molecular complexity index is 94.4. The minimum absolute atomic E-state index is 0.243. The highest BCUT2D eigenvalue weighted by atomic mass is 16.1. The van der Waals surface area contributed by atoms with E-state index in [-0.39, 0.29) is 5.92 Å². The zero-order chi connectivity index (χ0) is 5.49. The maximum atomic E-state index is 9.86. The molecule has 1 saturated carbocycles. The first-order chi connectivity index (χ1) is 3.17. The summed E-state index contributed by atoms with van der Waals surface area (Å²) in [7, 11) is 0. The third-order valence-corrected chi connectivity index (χ3v) is 1.66. The van der Waals surface area contributed by atoms with Crippen molar-refractivity contribution in [2.24, 2.45) is 11.3 Å². The molecular weight excluding hydrogens is 88.1 g/mol. The fourth-order valence-electron chi connectivity index (χ4n) is 0.668. The number of hydrogen-bond donors (Lipinski definition) is 0. The fourth-order valence-corrected chi connectivity index (χ4v) is 0.668. The summed E-state index contributed by atoms with van der Waals surface area (Å²) >= 11 is 0. The van der Waals surface area contributed by atoms with Gasteiger partial charge in [0.25, 0.3) is 0 Å². The number of carbonyl (C=O) groups excluding carboxylic acids is 1. The zero-order valence-corrected chi connectivity index (χ0v) is 4.69. The Morgan fingerprint density at radius 2 is 2.14 bits per heavy atom. The Hall–Kier alpha value is -0.330. The van der Waals surface area contributed by atoms with Crippen LogP contribution in [0, 0.1) is 11.3 Å². The molecule has 1 aliphatic rings. The summed E-state index contributed by atoms with van der Waals surface area (Å²) < 4.78 is 0. The molecular formula is C6H9O. The molecule has 0 amide bonds. The quantitative estimate of drug-likeness (QED) is 0.479. The normalized spacial score (nSPS) is 34.9. The number of hydrogen-bond acceptors (Lipinski definition) is 1. The second kappa shape index (κ2) is 1.09. The average molecular weight is 97.1 g/mol. The maximum Gasteiger partial charge on any atom is 0.202 e. The van der Waals surface area contributed by atoms with Crippen LogP contribution in [-0.4, -0.2) is 6.29 Å². The summed E-state index contributed by atoms with van der Waals surface area (Å²) in [6, 6.07) is 0. The Morgan fingerprint density at radius 3 is 2.14 bits per heavy atom. The molecule has 39 valence electrons. The molecule has 0 saturated heterocycles. The Balaban J connectivity index is 2.44. The fraction of sp³-hybridized carbons (Fsp3) is 0.833. The van der Waals surface area contributed by atoms with Crippen LogP contribution < -0.4 is 0 Å². The van der Waals surface area contributed by atoms with Gasteiger partial charge in [-0.05, 0) is 11.8 Å². The van der Waals surface area contributed by atoms with Gasteiger partial charge in [0, 0.05) is 5.92 Å². The third kappa shape index (κ3) is 0.671. The van der Waals surface area contributed by atoms with Gasteiger partial charge in [-0.2, -0.15) is 0 Å². The molecule has 1 unspecified atom stereocenters. The molecule has 1 heteroatoms. The lowest BCUT2D eigenvalue weighted by Crippen LogP contribution is -1.88. The van der Waals surface area contributed by atoms with Crippen molar-refractivity contribution in [2.75, 3.05) is 0 Å². The van der Waals surface area contributed by atoms with E-state index in [0.29, 0.717) is 5.41 Å². The Kier molecular flexibility index (Phi) is 0.748. The van der Waals surface area contributed by atoms with Gasteiger partial charge in [-0.1, -0.05) is 13.8 Å². The van der Waals surface area contributed by atoms with Crippen molar-refractivity contribution in [3.8, 4) is 0 Å². The molecule has 1 nitrogen and oxygen atoms in total. The first-order valence-electron chi connectivity index (χ1n) is 2.54. The van der Waals surface area contributed by atoms with Crippen molar-refractivity contribution < 1.29 is 4.79 Å². The van der Waals surface area contributed by atoms with Crippen molar-refractivity contribution in [3.63, 3.8) is 0 Å². The molecule has 0 heterocycles. The highest BCUT2D eigenvalue weighted by molar-refractivity contribution is 5.60. The minimum Gasteiger partial charge on any atom is -0.291 e. The second-order valence-corrected chi connectivity index (χ2v) is 2.86. The van der Waals surface area contributed by atoms with Crippen molar-refractivity contribution >= 4 is 6.29 Å². The highest BCUT2D eigenvalue weighted by Crippen LogP contribution is 2.49. The molecule has 0 aromatic rings. The monoisotopic (exact) mass is 97.1 g/mol. The molecule has 0 spiro atoms. The van der Waals surface area contributed by atoms with E-state index in [0.717, 1.165) is 6.42 Å². The lowest BCUT2D eigenvalue weighted by atomic mass is 10.1. The first-order valence-corrected chi connectivity index (χ1v) is 2.54. The maximum absolute atomic E-state index is 9.86. The molecule has 0 bridgehead atoms. The van der Waals surface area contributed by atoms with E-state index >= 15 is 0 Å². The standard InChI is InChI=1S/C6H9O/c1-6(2)3-5(6)4-7/h5H,3H2,1-2H3. The summed E-state index contributed by atoms with van der Waals surface area (Å²) in [6.45, 7) is 4.17. The van der Waals surface area contributed by atoms with Gasteiger partial charge in [-0.3, -0.25) is 4.79 Å². The lowest BCUT2D eigenvalue weighted by molar-refractivity contribution is 0.530. The minimum atomic E-state index is 0.243. The predicted octanol–water partition coefficient (Wildman–Crippen LogP) is 1.14. The van der Waals surface area contributed by atoms with Crippen LogP contribution in [0.3, 0.4) is 0 Å². The smallest absolute Gasteiger partial charge is 0.202 e. The van der Waals surface area contributed by atoms with Crippen LogP contribution in [0.4, 0.5) is 0 Å². The predicted molar refractivity (Wildman–Crippen MR) is 27.6 cm³/mol. The van der Waals surface area contributed by atoms with Gasteiger partial charge < -0.3 is 0 Å². The summed E-state index contributed by atoms with van der Waals surface area (Å²) in [5.41, 5.74) is 0.293. The number of rotatable bonds is 1. The summed E-state index contributed by atoms with van der Waals surface area (Å²) in [4.78, 5) is 9.86. The molecule has 0 aromatic heterocycles. The van der Waals surface area contributed by atoms with E-state index in [2.05, 4.69) is 13.8 Å². The van der Waals surface area contributed by atoms with E-state index in [4.69, 9.17) is 0 Å². The van der Waals surface area contributed by atoms with E-state index in [1.807, 2.05) is 6.29 Å². The molecule has 1 rings (SSSR count). The summed E-state index contributed by atoms with van der Waals surface area (Å²) in [6.07, 6.45) is 3.02. The molecule has 1 fully saturated rings. The summed E-state index contributed by atoms with van der Waals surface area (Å²) in [5, 5.41) is 0. The van der Waals surface area contributed by atoms with E-state index < -0.39 is 0 Å². The lowest BCUT2D eigenvalue weighted by Gasteiger charge is -1.90. The zero-order valence-electron chi connectivity index (χ0n) is 4.69. The molecule has 0 aliphatic heterocycles. The van der Waals surface area contributed by atoms with Crippen molar-refractivity contribution in [2.45, 2.75) is 20.3 Å². The van der Waals surface area contributed by atoms with Crippen LogP contribution in [0.5, 0.6) is 0 Å². The van der Waals surface area contributed by atoms with Gasteiger partial charge in [0.1, 0.15) is 0 Å². The van der Waals surface area contributed by atoms with E-state index in [9.17, 15) is 4.79 Å². The molecule has 0 aromatic carbocycles. The van der Waals surface area contributed by atoms with Gasteiger partial charge in [0.15, 0.2) is 0 Å². The van der Waals surface area contributed by atoms with Crippen LogP contribution >= 0.6 is 0 Å². The largest absolute Gasteiger partial charge is 0.291 e. The first kappa shape index (κ1) is 4.82. The van der Waals surface area contributed by atoms with Gasteiger partial charge in [-0.15, -0.1) is 0 Å². The topological polar surface area (TPSA) is 17.1 Å². The summed E-state index contributed by atoms with van der Waals surface area (Å²) in [5.74, 6) is 0.243. The highest BCUT2D eigenvalue weighted by Gasteiger charge is 2.45. The molecule has 1 aliphatic carbocycles. The van der Waals surface area contributed by atoms with E-state index in [1.54, 1.807) is 0 Å². The van der Waals surface area contributed by atoms with Crippen LogP contribution in [0.15, 0.2) is 0 Å². The van der Waals surface area contributed by atoms with Crippen molar-refractivity contribution in [3.05, 3.63) is 0 Å².